The molecule has 0 saturated heterocycles. The zero-order valence-corrected chi connectivity index (χ0v) is 68.7. The quantitative estimate of drug-likeness (QED) is 0.0324. The van der Waals surface area contributed by atoms with Crippen LogP contribution in [0.25, 0.3) is 0 Å². The van der Waals surface area contributed by atoms with Gasteiger partial charge >= 0.3 is 0 Å². The van der Waals surface area contributed by atoms with Crippen LogP contribution in [0, 0.1) is 0 Å². The van der Waals surface area contributed by atoms with Crippen LogP contribution >= 0.6 is 21.6 Å². The first-order valence-corrected chi connectivity index (χ1v) is 43.6. The Morgan fingerprint density at radius 3 is 0.440 bits per heavy atom. The highest BCUT2D eigenvalue weighted by atomic mass is 33.1. The van der Waals surface area contributed by atoms with Crippen LogP contribution in [-0.2, 0) is 64.0 Å². The fraction of sp³-hybridized carbons (Fsp3) is 0.391. The molecule has 14 aliphatic heterocycles. The Morgan fingerprint density at radius 1 is 0.198 bits per heavy atom. The molecule has 8 aromatic carbocycles. The Labute approximate surface area is 692 Å². The Hall–Kier alpha value is -10.0. The highest BCUT2D eigenvalue weighted by Crippen LogP contribution is 2.31. The van der Waals surface area contributed by atoms with E-state index in [2.05, 4.69) is 0 Å². The second-order valence-electron chi connectivity index (χ2n) is 29.6. The molecule has 0 aliphatic carbocycles. The van der Waals surface area contributed by atoms with E-state index in [4.69, 9.17) is 34.4 Å². The van der Waals surface area contributed by atoms with E-state index in [0.717, 1.165) is 90.0 Å². The average molecular weight is 1610 g/mol. The molecule has 0 spiro atoms. The predicted octanol–water partition coefficient (Wildman–Crippen LogP) is 12.2. The van der Waals surface area contributed by atoms with Crippen molar-refractivity contribution in [1.29, 1.82) is 0 Å². The summed E-state index contributed by atoms with van der Waals surface area (Å²) >= 11 is 0. The third-order valence-electron chi connectivity index (χ3n) is 21.1. The lowest BCUT2D eigenvalue weighted by atomic mass is 10.0. The third kappa shape index (κ3) is 26.2. The van der Waals surface area contributed by atoms with Crippen LogP contribution in [0.5, 0.6) is 0 Å². The fourth-order valence-electron chi connectivity index (χ4n) is 14.8. The minimum atomic E-state index is -0.0785. The molecule has 0 radical (unpaired) electrons. The van der Waals surface area contributed by atoms with Crippen LogP contribution in [0.1, 0.15) is 147 Å². The molecule has 14 aliphatic rings. The molecule has 0 unspecified atom stereocenters. The zero-order valence-electron chi connectivity index (χ0n) is 67.1. The van der Waals surface area contributed by atoms with Gasteiger partial charge in [0.25, 0.3) is 0 Å². The maximum Gasteiger partial charge on any atom is 0.228 e. The first kappa shape index (κ1) is 88.3. The molecule has 0 atom stereocenters. The van der Waals surface area contributed by atoms with E-state index in [0.29, 0.717) is 141 Å². The molecule has 16 bridgehead atoms. The molecule has 12 N–H and O–H groups in total. The number of anilines is 8. The normalized spacial score (nSPS) is 14.7. The van der Waals surface area contributed by atoms with Gasteiger partial charge in [-0.1, -0.05) is 119 Å². The summed E-state index contributed by atoms with van der Waals surface area (Å²) in [5, 5.41) is 0. The van der Waals surface area contributed by atoms with Crippen LogP contribution in [0.15, 0.2) is 194 Å². The van der Waals surface area contributed by atoms with Crippen molar-refractivity contribution in [3.8, 4) is 0 Å². The maximum atomic E-state index is 14.7. The number of nitrogens with two attached hydrogens (primary N) is 6. The smallest absolute Gasteiger partial charge is 0.228 e. The van der Waals surface area contributed by atoms with Gasteiger partial charge < -0.3 is 73.6 Å². The van der Waals surface area contributed by atoms with Gasteiger partial charge in [0.05, 0.1) is 0 Å². The molecule has 8 aromatic rings. The van der Waals surface area contributed by atoms with E-state index in [-0.39, 0.29) is 138 Å². The summed E-state index contributed by atoms with van der Waals surface area (Å²) in [7, 11) is 3.13. The van der Waals surface area contributed by atoms with Crippen LogP contribution in [0.2, 0.25) is 0 Å². The summed E-state index contributed by atoms with van der Waals surface area (Å²) < 4.78 is 0. The minimum absolute atomic E-state index is 0.0420. The van der Waals surface area contributed by atoms with Crippen molar-refractivity contribution in [2.24, 2.45) is 34.4 Å². The standard InChI is InChI=1S/C92H116N14O8S2/c93-49-41-85(107)99-55-1-3-57-101(87(109)43-51-95)79-29-17-73(18-30-79)67-75-21-37-83(38-22-75)105(61-7-5-59-103(89(111)45-53-97)81-33-13-71(14-34-81)65-69-9-25-77(99)26-10-69)91(113)47-63-115-116-64-48-92(114)106-62-8-6-60-104(90(112)46-54-98)82-35-15-72(16-36-82)66-70-11-27-78(28-12-70)100(86(108)42-50-94)56-2-4-58-102(88(110)44-52-96)80-31-19-74(20-32-80)68-76-23-39-84(106)40-24-76/h9-40H,1-8,41-68,93-98H2. The van der Waals surface area contributed by atoms with Gasteiger partial charge in [-0.2, -0.15) is 0 Å². The van der Waals surface area contributed by atoms with Crippen molar-refractivity contribution >= 4 is 114 Å². The van der Waals surface area contributed by atoms with Crippen molar-refractivity contribution in [3.05, 3.63) is 239 Å². The average Bonchev–Trinajstić information content (AvgIpc) is 0.843. The number of hydrogen-bond acceptors (Lipinski definition) is 16. The Morgan fingerprint density at radius 2 is 0.319 bits per heavy atom. The molecule has 116 heavy (non-hydrogen) atoms. The molecular weight excluding hydrogens is 1490 g/mol. The topological polar surface area (TPSA) is 319 Å². The SMILES string of the molecule is NCCC(=O)N1CCCCN(C(=O)CCN)c2ccc(cc2)Cc2ccc(cc2)N(C(=O)CCSSCCC(=O)N2CCCCN(C(=O)CCN)c3ccc(cc3)Cc3ccc(cc3)N(C(=O)CCN)CCCCN(C(=O)CCN)c3ccc(cc3)Cc3ccc2cc3)CCCCN(C(=O)CCN)c2ccc(cc2)Cc2ccc1cc2. The third-order valence-corrected chi connectivity index (χ3v) is 23.5. The molecule has 614 valence electrons. The second kappa shape index (κ2) is 46.7. The summed E-state index contributed by atoms with van der Waals surface area (Å²) in [6, 6.07) is 64.2. The first-order valence-electron chi connectivity index (χ1n) is 41.2. The first-order chi connectivity index (χ1) is 56.6. The van der Waals surface area contributed by atoms with E-state index in [1.54, 1.807) is 51.0 Å². The molecular formula is C92H116N14O8S2. The number of rotatable bonds is 19. The monoisotopic (exact) mass is 1610 g/mol. The number of carbonyl (C=O) groups excluding carboxylic acids is 8. The van der Waals surface area contributed by atoms with Crippen molar-refractivity contribution in [2.45, 2.75) is 128 Å². The maximum absolute atomic E-state index is 14.7. The Kier molecular flexibility index (Phi) is 35.5. The molecule has 8 amide bonds. The van der Waals surface area contributed by atoms with Gasteiger partial charge in [-0.15, -0.1) is 0 Å². The van der Waals surface area contributed by atoms with Gasteiger partial charge in [-0.25, -0.2) is 0 Å². The van der Waals surface area contributed by atoms with Crippen molar-refractivity contribution in [1.82, 2.24) is 0 Å². The highest BCUT2D eigenvalue weighted by Gasteiger charge is 2.25. The molecule has 0 aromatic heterocycles. The summed E-state index contributed by atoms with van der Waals surface area (Å²) in [5.74, 6) is 0.508. The van der Waals surface area contributed by atoms with Gasteiger partial charge in [0, 0.05) is 200 Å². The minimum Gasteiger partial charge on any atom is -0.330 e. The molecule has 0 fully saturated rings. The Balaban J connectivity index is 0.824. The van der Waals surface area contributed by atoms with Gasteiger partial charge in [-0.05, 0) is 219 Å². The van der Waals surface area contributed by atoms with Crippen LogP contribution in [0.3, 0.4) is 0 Å². The van der Waals surface area contributed by atoms with Crippen LogP contribution < -0.4 is 73.6 Å². The van der Waals surface area contributed by atoms with E-state index < -0.39 is 0 Å². The van der Waals surface area contributed by atoms with Gasteiger partial charge in [0.15, 0.2) is 0 Å². The number of carbonyl (C=O) groups is 8. The van der Waals surface area contributed by atoms with Gasteiger partial charge in [0.2, 0.25) is 47.3 Å². The highest BCUT2D eigenvalue weighted by molar-refractivity contribution is 8.76. The molecule has 22 nitrogen and oxygen atoms in total. The Bertz CT molecular complexity index is 4160. The van der Waals surface area contributed by atoms with Crippen molar-refractivity contribution in [2.75, 3.05) is 142 Å². The van der Waals surface area contributed by atoms with Crippen molar-refractivity contribution in [3.63, 3.8) is 0 Å². The summed E-state index contributed by atoms with van der Waals surface area (Å²) in [6.45, 7) is 4.82. The zero-order chi connectivity index (χ0) is 82.0. The lowest BCUT2D eigenvalue weighted by Gasteiger charge is -2.26. The van der Waals surface area contributed by atoms with Crippen molar-refractivity contribution < 1.29 is 38.4 Å². The molecule has 0 saturated carbocycles. The number of benzene rings is 8. The summed E-state index contributed by atoms with van der Waals surface area (Å²) in [4.78, 5) is 126. The summed E-state index contributed by atoms with van der Waals surface area (Å²) in [5.41, 5.74) is 50.1. The van der Waals surface area contributed by atoms with E-state index in [9.17, 15) is 38.4 Å². The van der Waals surface area contributed by atoms with Crippen LogP contribution in [-0.4, -0.2) is 150 Å². The number of nitrogens with zero attached hydrogens (tertiary/aromatic N) is 8. The summed E-state index contributed by atoms with van der Waals surface area (Å²) in [6.07, 6.45) is 9.17. The lowest BCUT2D eigenvalue weighted by Crippen LogP contribution is -2.35. The number of amides is 8. The van der Waals surface area contributed by atoms with Crippen LogP contribution in [0.4, 0.5) is 45.5 Å². The second-order valence-corrected chi connectivity index (χ2v) is 32.3. The fourth-order valence-corrected chi connectivity index (χ4v) is 16.8. The molecule has 14 heterocycles. The van der Waals surface area contributed by atoms with E-state index in [1.807, 2.05) is 204 Å². The molecule has 24 heteroatoms. The number of hydrogen-bond donors (Lipinski definition) is 6. The molecule has 22 rings (SSSR count). The van der Waals surface area contributed by atoms with Gasteiger partial charge in [0.1, 0.15) is 0 Å². The largest absolute Gasteiger partial charge is 0.330 e. The van der Waals surface area contributed by atoms with E-state index in [1.165, 1.54) is 0 Å². The van der Waals surface area contributed by atoms with E-state index >= 15 is 0 Å². The lowest BCUT2D eigenvalue weighted by molar-refractivity contribution is -0.119. The predicted molar refractivity (Wildman–Crippen MR) is 475 cm³/mol. The van der Waals surface area contributed by atoms with Gasteiger partial charge in [-0.3, -0.25) is 38.4 Å².